The zero-order valence-corrected chi connectivity index (χ0v) is 42.2. The van der Waals surface area contributed by atoms with Crippen molar-refractivity contribution < 1.29 is 48.0 Å². The highest BCUT2D eigenvalue weighted by Gasteiger charge is 2.58. The molecule has 74 heavy (non-hydrogen) atoms. The van der Waals surface area contributed by atoms with Gasteiger partial charge in [-0.2, -0.15) is 0 Å². The van der Waals surface area contributed by atoms with E-state index >= 15 is 9.59 Å². The molecule has 16 nitrogen and oxygen atoms in total. The van der Waals surface area contributed by atoms with Crippen LogP contribution in [0.2, 0.25) is 0 Å². The summed E-state index contributed by atoms with van der Waals surface area (Å²) in [6, 6.07) is 36.1. The Kier molecular flexibility index (Phi) is 15.9. The number of ether oxygens (including phenoxy) is 4. The van der Waals surface area contributed by atoms with E-state index in [4.69, 9.17) is 24.7 Å². The molecule has 5 amide bonds. The molecule has 3 aliphatic heterocycles. The minimum Gasteiger partial charge on any atom is -0.508 e. The molecule has 8 N–H and O–H groups in total. The maximum atomic E-state index is 15.5. The Morgan fingerprint density at radius 1 is 0.649 bits per heavy atom. The SMILES string of the molecule is CC(OC(c1ccccc1)(c1ccccc1)c1ccccc1)C1NC(=O)C(CCCCN)NC(=O)[C@H](Cc2csc3ccccc23)NC(=O)C(Cc2ccc(O)cc2)NC(=O)C2OC3OC(C)(C)OC3C2NC1=O. The fourth-order valence-electron chi connectivity index (χ4n) is 10.1. The maximum absolute atomic E-state index is 15.5. The molecule has 9 atom stereocenters. The Morgan fingerprint density at radius 2 is 1.20 bits per heavy atom. The smallest absolute Gasteiger partial charge is 0.252 e. The Hall–Kier alpha value is -6.99. The molecule has 8 unspecified atom stereocenters. The molecule has 0 spiro atoms. The van der Waals surface area contributed by atoms with Crippen molar-refractivity contribution in [1.29, 1.82) is 0 Å². The van der Waals surface area contributed by atoms with E-state index in [0.29, 0.717) is 24.9 Å². The van der Waals surface area contributed by atoms with Gasteiger partial charge in [-0.05, 0) is 103 Å². The first-order valence-corrected chi connectivity index (χ1v) is 25.9. The predicted octanol–water partition coefficient (Wildman–Crippen LogP) is 5.23. The number of rotatable bonds is 14. The molecule has 0 radical (unpaired) electrons. The lowest BCUT2D eigenvalue weighted by Gasteiger charge is -2.40. The van der Waals surface area contributed by atoms with E-state index in [-0.39, 0.29) is 25.0 Å². The Morgan fingerprint density at radius 3 is 1.82 bits per heavy atom. The standard InChI is InChI=1S/C57H62N6O10S/c1-34(71-57(37-17-7-4-8-18-37,38-19-9-5-10-20-38)39-21-11-6-12-22-39)46-53(68)63-47-48(70-55-49(47)72-56(2,3)73-55)54(69)61-43(31-35-26-28-40(64)29-27-35)51(66)60-44(32-36-33-74-45-25-14-13-23-41(36)45)52(67)59-42(50(65)62-46)24-15-16-30-58/h4-14,17-23,25-29,33-34,42-44,46-49,55,64H,15-16,24,30-32,58H2,1-3H3,(H,59,67)(H,60,66)(H,61,69)(H,62,65)(H,63,68)/t34?,42?,43?,44-,46?,47?,48?,49?,55?/m0/s1. The van der Waals surface area contributed by atoms with Gasteiger partial charge in [-0.15, -0.1) is 11.3 Å². The summed E-state index contributed by atoms with van der Waals surface area (Å²) in [5.41, 5.74) is 8.19. The zero-order chi connectivity index (χ0) is 52.0. The number of hydrogen-bond acceptors (Lipinski definition) is 12. The van der Waals surface area contributed by atoms with E-state index in [1.807, 2.05) is 121 Å². The summed E-state index contributed by atoms with van der Waals surface area (Å²) in [5.74, 6) is -4.80. The van der Waals surface area contributed by atoms with E-state index < -0.39 is 95.7 Å². The lowest BCUT2D eigenvalue weighted by molar-refractivity contribution is -0.208. The lowest BCUT2D eigenvalue weighted by atomic mass is 9.79. The molecule has 0 bridgehead atoms. The molecule has 9 rings (SSSR count). The lowest BCUT2D eigenvalue weighted by Crippen LogP contribution is -2.64. The third-order valence-corrected chi connectivity index (χ3v) is 14.8. The quantitative estimate of drug-likeness (QED) is 0.0552. The number of nitrogens with two attached hydrogens (primary N) is 1. The van der Waals surface area contributed by atoms with Crippen molar-refractivity contribution in [2.24, 2.45) is 5.73 Å². The molecule has 386 valence electrons. The number of hydrogen-bond donors (Lipinski definition) is 7. The molecular weight excluding hydrogens is 961 g/mol. The minimum absolute atomic E-state index is 0.00122. The molecular formula is C57H62N6O10S. The number of aromatic hydroxyl groups is 1. The highest BCUT2D eigenvalue weighted by Crippen LogP contribution is 2.42. The van der Waals surface area contributed by atoms with E-state index in [2.05, 4.69) is 26.6 Å². The van der Waals surface area contributed by atoms with Gasteiger partial charge in [0.25, 0.3) is 5.91 Å². The number of nitrogens with one attached hydrogen (secondary N) is 5. The van der Waals surface area contributed by atoms with E-state index in [1.165, 1.54) is 23.5 Å². The Balaban J connectivity index is 1.15. The van der Waals surface area contributed by atoms with Crippen LogP contribution >= 0.6 is 11.3 Å². The van der Waals surface area contributed by atoms with Crippen molar-refractivity contribution in [1.82, 2.24) is 26.6 Å². The number of unbranched alkanes of at least 4 members (excludes halogenated alkanes) is 1. The van der Waals surface area contributed by atoms with Crippen molar-refractivity contribution in [2.45, 2.75) is 119 Å². The third-order valence-electron chi connectivity index (χ3n) is 13.8. The average Bonchev–Trinajstić information content (AvgIpc) is 4.07. The highest BCUT2D eigenvalue weighted by atomic mass is 32.1. The van der Waals surface area contributed by atoms with Crippen LogP contribution in [0.3, 0.4) is 0 Å². The van der Waals surface area contributed by atoms with Gasteiger partial charge in [0.1, 0.15) is 41.6 Å². The summed E-state index contributed by atoms with van der Waals surface area (Å²) in [6.45, 7) is 5.38. The predicted molar refractivity (Wildman–Crippen MR) is 278 cm³/mol. The number of phenolic OH excluding ortho intramolecular Hbond substituents is 1. The van der Waals surface area contributed by atoms with Gasteiger partial charge >= 0.3 is 0 Å². The van der Waals surface area contributed by atoms with E-state index in [1.54, 1.807) is 32.9 Å². The second kappa shape index (κ2) is 22.6. The monoisotopic (exact) mass is 1020 g/mol. The van der Waals surface area contributed by atoms with Gasteiger partial charge in [0.2, 0.25) is 23.6 Å². The van der Waals surface area contributed by atoms with Crippen molar-refractivity contribution in [2.75, 3.05) is 6.54 Å². The molecule has 3 fully saturated rings. The molecule has 4 heterocycles. The summed E-state index contributed by atoms with van der Waals surface area (Å²) in [5, 5.41) is 27.7. The summed E-state index contributed by atoms with van der Waals surface area (Å²) in [7, 11) is 0. The molecule has 5 aromatic carbocycles. The summed E-state index contributed by atoms with van der Waals surface area (Å²) < 4.78 is 27.1. The Labute approximate surface area is 433 Å². The number of carbonyl (C=O) groups excluding carboxylic acids is 5. The first kappa shape index (κ1) is 51.9. The summed E-state index contributed by atoms with van der Waals surface area (Å²) in [4.78, 5) is 75.1. The second-order valence-electron chi connectivity index (χ2n) is 19.4. The average molecular weight is 1020 g/mol. The van der Waals surface area contributed by atoms with Crippen LogP contribution in [0.15, 0.2) is 145 Å². The van der Waals surface area contributed by atoms with Crippen LogP contribution < -0.4 is 32.3 Å². The summed E-state index contributed by atoms with van der Waals surface area (Å²) in [6.07, 6.45) is -3.74. The van der Waals surface area contributed by atoms with Gasteiger partial charge in [0.05, 0.1) is 12.1 Å². The van der Waals surface area contributed by atoms with E-state index in [9.17, 15) is 19.5 Å². The fourth-order valence-corrected chi connectivity index (χ4v) is 11.1. The molecule has 3 aliphatic rings. The zero-order valence-electron chi connectivity index (χ0n) is 41.4. The number of benzene rings is 5. The highest BCUT2D eigenvalue weighted by molar-refractivity contribution is 7.17. The van der Waals surface area contributed by atoms with Crippen molar-refractivity contribution in [3.8, 4) is 5.75 Å². The van der Waals surface area contributed by atoms with Crippen molar-refractivity contribution >= 4 is 51.0 Å². The first-order valence-electron chi connectivity index (χ1n) is 25.0. The van der Waals surface area contributed by atoms with Crippen LogP contribution in [0.5, 0.6) is 5.75 Å². The molecule has 0 aliphatic carbocycles. The molecule has 17 heteroatoms. The van der Waals surface area contributed by atoms with E-state index in [0.717, 1.165) is 32.3 Å². The van der Waals surface area contributed by atoms with Gasteiger partial charge < -0.3 is 56.4 Å². The second-order valence-corrected chi connectivity index (χ2v) is 20.4. The van der Waals surface area contributed by atoms with Gasteiger partial charge in [-0.25, -0.2) is 0 Å². The Bertz CT molecular complexity index is 2830. The van der Waals surface area contributed by atoms with Crippen LogP contribution in [-0.2, 0) is 61.4 Å². The maximum Gasteiger partial charge on any atom is 0.252 e. The van der Waals surface area contributed by atoms with Crippen LogP contribution in [0.25, 0.3) is 10.1 Å². The van der Waals surface area contributed by atoms with Gasteiger partial charge in [0, 0.05) is 17.5 Å². The molecule has 6 aromatic rings. The fraction of sp³-hybridized carbons (Fsp3) is 0.351. The van der Waals surface area contributed by atoms with Crippen LogP contribution in [-0.4, -0.2) is 102 Å². The van der Waals surface area contributed by atoms with Gasteiger partial charge in [0.15, 0.2) is 18.2 Å². The van der Waals surface area contributed by atoms with Crippen LogP contribution in [0.4, 0.5) is 0 Å². The number of amides is 5. The molecule has 3 saturated heterocycles. The first-order chi connectivity index (χ1) is 35.7. The topological polar surface area (TPSA) is 229 Å². The third kappa shape index (κ3) is 11.4. The number of thiophene rings is 1. The molecule has 1 aromatic heterocycles. The largest absolute Gasteiger partial charge is 0.508 e. The van der Waals surface area contributed by atoms with Crippen molar-refractivity contribution in [3.63, 3.8) is 0 Å². The summed E-state index contributed by atoms with van der Waals surface area (Å²) >= 11 is 1.49. The normalized spacial score (nSPS) is 24.9. The van der Waals surface area contributed by atoms with Crippen molar-refractivity contribution in [3.05, 3.63) is 173 Å². The molecule has 0 saturated carbocycles. The van der Waals surface area contributed by atoms with Crippen LogP contribution in [0, 0.1) is 0 Å². The minimum atomic E-state index is -1.49. The number of fused-ring (bicyclic) bond motifs is 4. The van der Waals surface area contributed by atoms with Crippen LogP contribution in [0.1, 0.15) is 67.9 Å². The van der Waals surface area contributed by atoms with Gasteiger partial charge in [-0.3, -0.25) is 24.0 Å². The number of phenols is 1. The number of carbonyl (C=O) groups is 5. The van der Waals surface area contributed by atoms with Gasteiger partial charge in [-0.1, -0.05) is 121 Å².